The number of ketones is 1. The number of carbonyl (C=O) groups excluding carboxylic acids is 2. The molecule has 0 aromatic heterocycles. The van der Waals surface area contributed by atoms with E-state index in [-0.39, 0.29) is 18.7 Å². The zero-order chi connectivity index (χ0) is 21.5. The van der Waals surface area contributed by atoms with Crippen LogP contribution in [0.5, 0.6) is 0 Å². The standard InChI is InChI=1S/C24H21ClN2O3/c1-15-2-4-16(5-3-15)14-27-21-11-8-18(25)12-20(21)24(30,23(27)29)13-22(28)17-6-9-19(26)10-7-17/h2-12,30H,13-14,26H2,1H3/t24-/m0/s1. The van der Waals surface area contributed by atoms with Crippen LogP contribution in [-0.4, -0.2) is 16.8 Å². The number of aryl methyl sites for hydroxylation is 1. The van der Waals surface area contributed by atoms with E-state index in [1.54, 1.807) is 42.5 Å². The molecule has 3 aromatic rings. The number of hydrogen-bond acceptors (Lipinski definition) is 4. The molecule has 1 aliphatic rings. The van der Waals surface area contributed by atoms with Crippen molar-refractivity contribution in [3.8, 4) is 0 Å². The highest BCUT2D eigenvalue weighted by atomic mass is 35.5. The van der Waals surface area contributed by atoms with Gasteiger partial charge in [-0.25, -0.2) is 0 Å². The predicted molar refractivity (Wildman–Crippen MR) is 118 cm³/mol. The van der Waals surface area contributed by atoms with Gasteiger partial charge in [-0.1, -0.05) is 41.4 Å². The Morgan fingerprint density at radius 3 is 2.40 bits per heavy atom. The number of hydrogen-bond donors (Lipinski definition) is 2. The molecule has 3 N–H and O–H groups in total. The Morgan fingerprint density at radius 2 is 1.73 bits per heavy atom. The number of aliphatic hydroxyl groups is 1. The Balaban J connectivity index is 1.70. The van der Waals surface area contributed by atoms with E-state index in [1.807, 2.05) is 31.2 Å². The zero-order valence-corrected chi connectivity index (χ0v) is 17.2. The number of nitrogen functional groups attached to an aromatic ring is 1. The van der Waals surface area contributed by atoms with Crippen molar-refractivity contribution in [3.05, 3.63) is 94.0 Å². The molecule has 4 rings (SSSR count). The van der Waals surface area contributed by atoms with Crippen molar-refractivity contribution < 1.29 is 14.7 Å². The van der Waals surface area contributed by atoms with E-state index < -0.39 is 11.5 Å². The van der Waals surface area contributed by atoms with E-state index in [9.17, 15) is 14.7 Å². The number of fused-ring (bicyclic) bond motifs is 1. The van der Waals surface area contributed by atoms with Crippen molar-refractivity contribution in [1.82, 2.24) is 0 Å². The van der Waals surface area contributed by atoms with Crippen molar-refractivity contribution in [3.63, 3.8) is 0 Å². The summed E-state index contributed by atoms with van der Waals surface area (Å²) in [5.74, 6) is -0.891. The topological polar surface area (TPSA) is 83.6 Å². The van der Waals surface area contributed by atoms with Gasteiger partial charge in [0, 0.05) is 21.8 Å². The Labute approximate surface area is 179 Å². The summed E-state index contributed by atoms with van der Waals surface area (Å²) in [6, 6.07) is 19.1. The minimum Gasteiger partial charge on any atom is -0.399 e. The van der Waals surface area contributed by atoms with Gasteiger partial charge in [-0.05, 0) is 55.0 Å². The lowest BCUT2D eigenvalue weighted by molar-refractivity contribution is -0.136. The van der Waals surface area contributed by atoms with E-state index in [4.69, 9.17) is 17.3 Å². The van der Waals surface area contributed by atoms with Gasteiger partial charge in [0.25, 0.3) is 5.91 Å². The minimum atomic E-state index is -1.98. The zero-order valence-electron chi connectivity index (χ0n) is 16.4. The number of anilines is 2. The highest BCUT2D eigenvalue weighted by molar-refractivity contribution is 6.31. The second kappa shape index (κ2) is 7.59. The number of nitrogens with zero attached hydrogens (tertiary/aromatic N) is 1. The van der Waals surface area contributed by atoms with Crippen LogP contribution in [0.2, 0.25) is 5.02 Å². The van der Waals surface area contributed by atoms with Crippen molar-refractivity contribution in [2.75, 3.05) is 10.6 Å². The van der Waals surface area contributed by atoms with Crippen molar-refractivity contribution in [1.29, 1.82) is 0 Å². The molecule has 0 fully saturated rings. The number of amides is 1. The molecule has 1 amide bonds. The molecule has 3 aromatic carbocycles. The van der Waals surface area contributed by atoms with Crippen molar-refractivity contribution in [2.24, 2.45) is 0 Å². The molecule has 0 bridgehead atoms. The molecule has 1 atom stereocenters. The summed E-state index contributed by atoms with van der Waals surface area (Å²) < 4.78 is 0. The maximum atomic E-state index is 13.3. The lowest BCUT2D eigenvalue weighted by atomic mass is 9.88. The molecule has 0 unspecified atom stereocenters. The van der Waals surface area contributed by atoms with Gasteiger partial charge in [0.05, 0.1) is 18.7 Å². The summed E-state index contributed by atoms with van der Waals surface area (Å²) in [6.07, 6.45) is -0.381. The number of nitrogens with two attached hydrogens (primary N) is 1. The molecule has 30 heavy (non-hydrogen) atoms. The summed E-state index contributed by atoms with van der Waals surface area (Å²) in [5.41, 5.74) is 7.54. The van der Waals surface area contributed by atoms with Gasteiger partial charge in [-0.2, -0.15) is 0 Å². The van der Waals surface area contributed by atoms with Gasteiger partial charge in [0.1, 0.15) is 0 Å². The monoisotopic (exact) mass is 420 g/mol. The van der Waals surface area contributed by atoms with Crippen LogP contribution in [0.3, 0.4) is 0 Å². The predicted octanol–water partition coefficient (Wildman–Crippen LogP) is 4.24. The quantitative estimate of drug-likeness (QED) is 0.477. The first kappa shape index (κ1) is 20.1. The second-order valence-corrected chi connectivity index (χ2v) is 8.06. The number of halogens is 1. The highest BCUT2D eigenvalue weighted by Gasteiger charge is 2.51. The maximum absolute atomic E-state index is 13.3. The average molecular weight is 421 g/mol. The molecule has 0 saturated carbocycles. The van der Waals surface area contributed by atoms with Crippen LogP contribution in [0.15, 0.2) is 66.7 Å². The number of Topliss-reactive ketones (excluding diaryl/α,β-unsaturated/α-hetero) is 1. The van der Waals surface area contributed by atoms with Gasteiger partial charge in [0.2, 0.25) is 0 Å². The van der Waals surface area contributed by atoms with Crippen LogP contribution in [0.1, 0.15) is 33.5 Å². The third-order valence-electron chi connectivity index (χ3n) is 5.40. The molecule has 1 aliphatic heterocycles. The molecule has 0 saturated heterocycles. The van der Waals surface area contributed by atoms with Crippen LogP contribution in [0.25, 0.3) is 0 Å². The van der Waals surface area contributed by atoms with Crippen LogP contribution in [-0.2, 0) is 16.9 Å². The van der Waals surface area contributed by atoms with Gasteiger partial charge in [-0.15, -0.1) is 0 Å². The lowest BCUT2D eigenvalue weighted by Gasteiger charge is -2.23. The maximum Gasteiger partial charge on any atom is 0.264 e. The van der Waals surface area contributed by atoms with E-state index in [2.05, 4.69) is 0 Å². The molecule has 0 radical (unpaired) electrons. The van der Waals surface area contributed by atoms with E-state index in [1.165, 1.54) is 4.90 Å². The third kappa shape index (κ3) is 3.58. The largest absolute Gasteiger partial charge is 0.399 e. The smallest absolute Gasteiger partial charge is 0.264 e. The van der Waals surface area contributed by atoms with E-state index in [0.717, 1.165) is 11.1 Å². The molecule has 6 heteroatoms. The van der Waals surface area contributed by atoms with E-state index in [0.29, 0.717) is 27.5 Å². The molecule has 0 aliphatic carbocycles. The number of benzene rings is 3. The molecular formula is C24H21ClN2O3. The second-order valence-electron chi connectivity index (χ2n) is 7.62. The fourth-order valence-electron chi connectivity index (χ4n) is 3.73. The number of carbonyl (C=O) groups is 2. The summed E-state index contributed by atoms with van der Waals surface area (Å²) >= 11 is 6.15. The first-order valence-electron chi connectivity index (χ1n) is 9.56. The Bertz CT molecular complexity index is 1130. The normalized spacial score (nSPS) is 17.8. The van der Waals surface area contributed by atoms with Crippen LogP contribution in [0.4, 0.5) is 11.4 Å². The number of rotatable bonds is 5. The van der Waals surface area contributed by atoms with Gasteiger partial charge >= 0.3 is 0 Å². The van der Waals surface area contributed by atoms with Crippen LogP contribution >= 0.6 is 11.6 Å². The molecular weight excluding hydrogens is 400 g/mol. The highest BCUT2D eigenvalue weighted by Crippen LogP contribution is 2.44. The third-order valence-corrected chi connectivity index (χ3v) is 5.64. The SMILES string of the molecule is Cc1ccc(CN2C(=O)[C@](O)(CC(=O)c3ccc(N)cc3)c3cc(Cl)ccc32)cc1. The van der Waals surface area contributed by atoms with Gasteiger partial charge < -0.3 is 15.7 Å². The van der Waals surface area contributed by atoms with Gasteiger partial charge in [0.15, 0.2) is 11.4 Å². The minimum absolute atomic E-state index is 0.284. The van der Waals surface area contributed by atoms with Gasteiger partial charge in [-0.3, -0.25) is 9.59 Å². The van der Waals surface area contributed by atoms with Crippen molar-refractivity contribution >= 4 is 34.7 Å². The Morgan fingerprint density at radius 1 is 1.07 bits per heavy atom. The first-order chi connectivity index (χ1) is 14.3. The summed E-state index contributed by atoms with van der Waals surface area (Å²) in [6.45, 7) is 2.27. The fourth-order valence-corrected chi connectivity index (χ4v) is 3.90. The van der Waals surface area contributed by atoms with Crippen LogP contribution < -0.4 is 10.6 Å². The summed E-state index contributed by atoms with van der Waals surface area (Å²) in [5, 5.41) is 11.8. The first-order valence-corrected chi connectivity index (χ1v) is 9.94. The Kier molecular flexibility index (Phi) is 5.10. The summed E-state index contributed by atoms with van der Waals surface area (Å²) in [4.78, 5) is 27.7. The molecule has 1 heterocycles. The van der Waals surface area contributed by atoms with Crippen molar-refractivity contribution in [2.45, 2.75) is 25.5 Å². The summed E-state index contributed by atoms with van der Waals surface area (Å²) in [7, 11) is 0. The van der Waals surface area contributed by atoms with Crippen LogP contribution in [0, 0.1) is 6.92 Å². The average Bonchev–Trinajstić information content (AvgIpc) is 2.91. The molecule has 152 valence electrons. The van der Waals surface area contributed by atoms with E-state index >= 15 is 0 Å². The fraction of sp³-hybridized carbons (Fsp3) is 0.167. The molecule has 5 nitrogen and oxygen atoms in total. The molecule has 0 spiro atoms. The lowest BCUT2D eigenvalue weighted by Crippen LogP contribution is -2.41. The Hall–Kier alpha value is -3.15.